The first-order valence-corrected chi connectivity index (χ1v) is 17.1. The predicted molar refractivity (Wildman–Crippen MR) is 191 cm³/mol. The molecule has 4 N–H and O–H groups in total. The number of nitrogens with one attached hydrogen (secondary N) is 3. The Balaban J connectivity index is 0.916. The van der Waals surface area contributed by atoms with Crippen molar-refractivity contribution in [3.63, 3.8) is 0 Å². The number of carbonyl (C=O) groups excluding carboxylic acids is 3. The topological polar surface area (TPSA) is 134 Å². The fourth-order valence-electron chi connectivity index (χ4n) is 6.48. The molecule has 0 radical (unpaired) electrons. The van der Waals surface area contributed by atoms with E-state index in [1.165, 1.54) is 11.8 Å². The van der Waals surface area contributed by atoms with E-state index in [-0.39, 0.29) is 36.8 Å². The van der Waals surface area contributed by atoms with Gasteiger partial charge in [0.25, 0.3) is 11.8 Å². The van der Waals surface area contributed by atoms with E-state index in [9.17, 15) is 19.5 Å². The molecule has 3 amide bonds. The van der Waals surface area contributed by atoms with Gasteiger partial charge in [0.15, 0.2) is 11.5 Å². The summed E-state index contributed by atoms with van der Waals surface area (Å²) in [5, 5.41) is 22.8. The van der Waals surface area contributed by atoms with Crippen LogP contribution in [0.5, 0.6) is 11.5 Å². The van der Waals surface area contributed by atoms with Gasteiger partial charge in [-0.3, -0.25) is 14.4 Å². The van der Waals surface area contributed by atoms with Gasteiger partial charge >= 0.3 is 0 Å². The molecule has 1 fully saturated rings. The summed E-state index contributed by atoms with van der Waals surface area (Å²) in [6, 6.07) is 20.3. The number of thiophene rings is 1. The third-order valence-electron chi connectivity index (χ3n) is 9.02. The quantitative estimate of drug-likeness (QED) is 0.127. The van der Waals surface area contributed by atoms with E-state index in [1.54, 1.807) is 32.9 Å². The summed E-state index contributed by atoms with van der Waals surface area (Å²) in [6.45, 7) is 0.858. The van der Waals surface area contributed by atoms with Crippen LogP contribution < -0.4 is 25.4 Å². The molecule has 7 rings (SSSR count). The van der Waals surface area contributed by atoms with Crippen molar-refractivity contribution in [2.24, 2.45) is 7.05 Å². The minimum atomic E-state index is -0.874. The Morgan fingerprint density at radius 3 is 2.63 bits per heavy atom. The van der Waals surface area contributed by atoms with Crippen LogP contribution in [0, 0.1) is 0 Å². The van der Waals surface area contributed by atoms with Crippen LogP contribution in [0.1, 0.15) is 46.5 Å². The number of carbonyl (C=O) groups is 3. The van der Waals surface area contributed by atoms with Gasteiger partial charge < -0.3 is 40.0 Å². The Morgan fingerprint density at radius 2 is 1.82 bits per heavy atom. The average molecular weight is 680 g/mol. The lowest BCUT2D eigenvalue weighted by atomic mass is 10.1. The van der Waals surface area contributed by atoms with Crippen molar-refractivity contribution >= 4 is 56.2 Å². The summed E-state index contributed by atoms with van der Waals surface area (Å²) in [4.78, 5) is 40.6. The molecule has 2 aromatic heterocycles. The fraction of sp³-hybridized carbons (Fsp3) is 0.270. The van der Waals surface area contributed by atoms with E-state index in [4.69, 9.17) is 9.47 Å². The van der Waals surface area contributed by atoms with Crippen molar-refractivity contribution in [2.45, 2.75) is 38.0 Å². The maximum atomic E-state index is 13.2. The molecular weight excluding hydrogens is 643 g/mol. The van der Waals surface area contributed by atoms with Gasteiger partial charge in [-0.15, -0.1) is 11.3 Å². The minimum Gasteiger partial charge on any atom is -0.493 e. The number of nitrogens with zero attached hydrogens (tertiary/aromatic N) is 2. The smallest absolute Gasteiger partial charge is 0.272 e. The normalized spacial score (nSPS) is 16.8. The van der Waals surface area contributed by atoms with Crippen LogP contribution in [-0.4, -0.2) is 64.8 Å². The number of fused-ring (bicyclic) bond motifs is 3. The number of aryl methyl sites for hydroxylation is 1. The molecule has 49 heavy (non-hydrogen) atoms. The molecule has 0 aliphatic carbocycles. The van der Waals surface area contributed by atoms with Crippen molar-refractivity contribution in [1.29, 1.82) is 0 Å². The van der Waals surface area contributed by atoms with Gasteiger partial charge in [-0.2, -0.15) is 0 Å². The first-order chi connectivity index (χ1) is 23.8. The number of methoxy groups -OCH3 is 1. The molecule has 0 bridgehead atoms. The highest BCUT2D eigenvalue weighted by Crippen LogP contribution is 2.38. The number of aliphatic hydroxyl groups excluding tert-OH is 1. The molecule has 3 aromatic carbocycles. The monoisotopic (exact) mass is 679 g/mol. The van der Waals surface area contributed by atoms with Gasteiger partial charge in [0.1, 0.15) is 11.9 Å². The van der Waals surface area contributed by atoms with Crippen molar-refractivity contribution in [2.75, 3.05) is 36.2 Å². The summed E-state index contributed by atoms with van der Waals surface area (Å²) in [5.74, 6) is 0.347. The van der Waals surface area contributed by atoms with Gasteiger partial charge in [-0.25, -0.2) is 0 Å². The van der Waals surface area contributed by atoms with E-state index in [0.717, 1.165) is 35.0 Å². The van der Waals surface area contributed by atoms with E-state index < -0.39 is 6.23 Å². The summed E-state index contributed by atoms with van der Waals surface area (Å²) >= 11 is 1.66. The standard InChI is InChI=1S/C37H37N5O6S/c1-41-21-24(18-30(41)36(45)39-26-11-12-33-23(17-26)13-16-49-33)22-7-9-25(10-8-22)38-34(43)6-4-15-48-32-20-28-27(19-31(32)47-2)37(46)42-14-3-5-29(42)35(44)40-28/h7-13,16-21,29,35,40,44H,3-6,14-15H2,1-2H3,(H,38,43)(H,39,45)/t29-,35-/m0/s1. The third kappa shape index (κ3) is 6.70. The molecule has 0 spiro atoms. The van der Waals surface area contributed by atoms with Gasteiger partial charge in [-0.1, -0.05) is 12.1 Å². The van der Waals surface area contributed by atoms with Crippen LogP contribution in [-0.2, 0) is 11.8 Å². The average Bonchev–Trinajstić information content (AvgIpc) is 3.85. The molecule has 1 saturated heterocycles. The minimum absolute atomic E-state index is 0.143. The van der Waals surface area contributed by atoms with Crippen LogP contribution in [0.25, 0.3) is 21.2 Å². The molecule has 2 aliphatic heterocycles. The van der Waals surface area contributed by atoms with E-state index in [2.05, 4.69) is 16.0 Å². The van der Waals surface area contributed by atoms with Crippen LogP contribution in [0.4, 0.5) is 17.1 Å². The van der Waals surface area contributed by atoms with Gasteiger partial charge in [0.2, 0.25) is 5.91 Å². The third-order valence-corrected chi connectivity index (χ3v) is 9.92. The second-order valence-corrected chi connectivity index (χ2v) is 13.2. The predicted octanol–water partition coefficient (Wildman–Crippen LogP) is 6.31. The van der Waals surface area contributed by atoms with Crippen molar-refractivity contribution < 1.29 is 29.0 Å². The zero-order valence-corrected chi connectivity index (χ0v) is 28.0. The Hall–Kier alpha value is -5.33. The van der Waals surface area contributed by atoms with Crippen LogP contribution in [0.3, 0.4) is 0 Å². The summed E-state index contributed by atoms with van der Waals surface area (Å²) in [5.41, 5.74) is 4.67. The number of rotatable bonds is 10. The molecule has 11 nitrogen and oxygen atoms in total. The lowest BCUT2D eigenvalue weighted by Crippen LogP contribution is -2.43. The zero-order valence-electron chi connectivity index (χ0n) is 27.2. The summed E-state index contributed by atoms with van der Waals surface area (Å²) in [6.07, 6.45) is 3.31. The second-order valence-electron chi connectivity index (χ2n) is 12.3. The molecule has 0 saturated carbocycles. The number of hydrogen-bond donors (Lipinski definition) is 4. The first-order valence-electron chi connectivity index (χ1n) is 16.2. The van der Waals surface area contributed by atoms with E-state index >= 15 is 0 Å². The van der Waals surface area contributed by atoms with Crippen molar-refractivity contribution in [3.05, 3.63) is 89.6 Å². The van der Waals surface area contributed by atoms with E-state index in [1.807, 2.05) is 73.2 Å². The molecule has 5 aromatic rings. The molecule has 12 heteroatoms. The number of anilines is 3. The van der Waals surface area contributed by atoms with Gasteiger partial charge in [0, 0.05) is 53.9 Å². The van der Waals surface area contributed by atoms with Crippen molar-refractivity contribution in [3.8, 4) is 22.6 Å². The molecular formula is C37H37N5O6S. The Labute approximate surface area is 287 Å². The molecule has 252 valence electrons. The Bertz CT molecular complexity index is 2040. The highest BCUT2D eigenvalue weighted by Gasteiger charge is 2.39. The molecule has 0 unspecified atom stereocenters. The Morgan fingerprint density at radius 1 is 1.00 bits per heavy atom. The zero-order chi connectivity index (χ0) is 34.1. The van der Waals surface area contributed by atoms with Gasteiger partial charge in [0.05, 0.1) is 31.0 Å². The number of ether oxygens (including phenoxy) is 2. The van der Waals surface area contributed by atoms with E-state index in [0.29, 0.717) is 47.1 Å². The highest BCUT2D eigenvalue weighted by molar-refractivity contribution is 7.17. The van der Waals surface area contributed by atoms with Crippen LogP contribution >= 0.6 is 11.3 Å². The number of aromatic nitrogens is 1. The summed E-state index contributed by atoms with van der Waals surface area (Å²) < 4.78 is 14.4. The Kier molecular flexibility index (Phi) is 8.98. The number of hydrogen-bond acceptors (Lipinski definition) is 8. The van der Waals surface area contributed by atoms with Crippen LogP contribution in [0.2, 0.25) is 0 Å². The lowest BCUT2D eigenvalue weighted by Gasteiger charge is -2.25. The van der Waals surface area contributed by atoms with Crippen molar-refractivity contribution in [1.82, 2.24) is 9.47 Å². The lowest BCUT2D eigenvalue weighted by molar-refractivity contribution is -0.116. The first kappa shape index (κ1) is 32.2. The highest BCUT2D eigenvalue weighted by atomic mass is 32.1. The fourth-order valence-corrected chi connectivity index (χ4v) is 7.25. The molecule has 2 atom stereocenters. The number of amides is 3. The number of benzene rings is 3. The largest absolute Gasteiger partial charge is 0.493 e. The SMILES string of the molecule is COc1cc2c(cc1OCCCC(=O)Nc1ccc(-c3cc(C(=O)Nc4ccc5sccc5c4)n(C)c3)cc1)N[C@@H](O)[C@@H]1CCCN1C2=O. The number of aliphatic hydroxyl groups is 1. The molecule has 4 heterocycles. The summed E-state index contributed by atoms with van der Waals surface area (Å²) in [7, 11) is 3.35. The maximum absolute atomic E-state index is 13.2. The van der Waals surface area contributed by atoms with Gasteiger partial charge in [-0.05, 0) is 84.1 Å². The van der Waals surface area contributed by atoms with Crippen LogP contribution in [0.15, 0.2) is 78.3 Å². The second kappa shape index (κ2) is 13.7. The molecule has 2 aliphatic rings. The maximum Gasteiger partial charge on any atom is 0.272 e.